The van der Waals surface area contributed by atoms with Crippen LogP contribution in [0.1, 0.15) is 40.0 Å². The van der Waals surface area contributed by atoms with E-state index < -0.39 is 0 Å². The van der Waals surface area contributed by atoms with Crippen LogP contribution < -0.4 is 0 Å². The van der Waals surface area contributed by atoms with E-state index in [-0.39, 0.29) is 0 Å². The molecule has 4 unspecified atom stereocenters. The van der Waals surface area contributed by atoms with Crippen molar-refractivity contribution in [3.05, 3.63) is 0 Å². The monoisotopic (exact) mass is 182 g/mol. The van der Waals surface area contributed by atoms with Crippen LogP contribution in [-0.4, -0.2) is 11.7 Å². The maximum absolute atomic E-state index is 9.05. The third kappa shape index (κ3) is 1.16. The van der Waals surface area contributed by atoms with Crippen LogP contribution in [0.2, 0.25) is 0 Å². The van der Waals surface area contributed by atoms with Crippen LogP contribution >= 0.6 is 0 Å². The third-order valence-electron chi connectivity index (χ3n) is 4.76. The first-order valence-corrected chi connectivity index (χ1v) is 5.73. The van der Waals surface area contributed by atoms with Crippen LogP contribution in [0.15, 0.2) is 0 Å². The smallest absolute Gasteiger partial charge is 0.0433 e. The van der Waals surface area contributed by atoms with Crippen molar-refractivity contribution in [1.82, 2.24) is 0 Å². The molecule has 4 atom stereocenters. The SMILES string of the molecule is CC1CC(CCO)C2(C(C)C)CC12. The molecule has 0 saturated heterocycles. The van der Waals surface area contributed by atoms with Gasteiger partial charge in [-0.3, -0.25) is 0 Å². The maximum Gasteiger partial charge on any atom is 0.0433 e. The van der Waals surface area contributed by atoms with E-state index in [1.165, 1.54) is 12.8 Å². The molecule has 2 aliphatic carbocycles. The standard InChI is InChI=1S/C12H22O/c1-8(2)12-7-11(12)9(3)6-10(12)4-5-13/h8-11,13H,4-7H2,1-3H3. The van der Waals surface area contributed by atoms with E-state index in [4.69, 9.17) is 5.11 Å². The second kappa shape index (κ2) is 2.98. The van der Waals surface area contributed by atoms with Crippen molar-refractivity contribution >= 4 is 0 Å². The van der Waals surface area contributed by atoms with Crippen LogP contribution in [0, 0.1) is 29.1 Å². The fourth-order valence-corrected chi connectivity index (χ4v) is 4.03. The van der Waals surface area contributed by atoms with Crippen molar-refractivity contribution < 1.29 is 5.11 Å². The van der Waals surface area contributed by atoms with Crippen molar-refractivity contribution in [2.45, 2.75) is 40.0 Å². The van der Waals surface area contributed by atoms with Crippen molar-refractivity contribution in [1.29, 1.82) is 0 Å². The first-order chi connectivity index (χ1) is 6.13. The summed E-state index contributed by atoms with van der Waals surface area (Å²) in [5.74, 6) is 3.54. The Morgan fingerprint density at radius 1 is 1.46 bits per heavy atom. The van der Waals surface area contributed by atoms with Crippen LogP contribution in [0.3, 0.4) is 0 Å². The Labute approximate surface area is 81.5 Å². The predicted octanol–water partition coefficient (Wildman–Crippen LogP) is 2.69. The molecule has 76 valence electrons. The minimum Gasteiger partial charge on any atom is -0.396 e. The van der Waals surface area contributed by atoms with Gasteiger partial charge in [-0.25, -0.2) is 0 Å². The minimum absolute atomic E-state index is 0.387. The Kier molecular flexibility index (Phi) is 2.18. The van der Waals surface area contributed by atoms with Gasteiger partial charge in [0, 0.05) is 6.61 Å². The van der Waals surface area contributed by atoms with E-state index in [1.807, 2.05) is 0 Å². The zero-order chi connectivity index (χ0) is 9.64. The van der Waals surface area contributed by atoms with Gasteiger partial charge in [-0.05, 0) is 48.3 Å². The Hall–Kier alpha value is -0.0400. The van der Waals surface area contributed by atoms with Gasteiger partial charge in [0.25, 0.3) is 0 Å². The molecule has 2 aliphatic rings. The fourth-order valence-electron chi connectivity index (χ4n) is 4.03. The summed E-state index contributed by atoms with van der Waals surface area (Å²) >= 11 is 0. The van der Waals surface area contributed by atoms with E-state index in [0.717, 1.165) is 30.1 Å². The average molecular weight is 182 g/mol. The second-order valence-corrected chi connectivity index (χ2v) is 5.50. The Balaban J connectivity index is 2.11. The predicted molar refractivity (Wildman–Crippen MR) is 54.4 cm³/mol. The normalized spacial score (nSPS) is 48.2. The van der Waals surface area contributed by atoms with Gasteiger partial charge in [0.15, 0.2) is 0 Å². The molecule has 0 aromatic rings. The fraction of sp³-hybridized carbons (Fsp3) is 1.00. The topological polar surface area (TPSA) is 20.2 Å². The van der Waals surface area contributed by atoms with Gasteiger partial charge >= 0.3 is 0 Å². The summed E-state index contributed by atoms with van der Waals surface area (Å²) in [6, 6.07) is 0. The van der Waals surface area contributed by atoms with Crippen LogP contribution in [-0.2, 0) is 0 Å². The van der Waals surface area contributed by atoms with Gasteiger partial charge in [0.2, 0.25) is 0 Å². The Bertz CT molecular complexity index is 199. The summed E-state index contributed by atoms with van der Waals surface area (Å²) in [5, 5.41) is 9.05. The highest BCUT2D eigenvalue weighted by atomic mass is 16.3. The highest BCUT2D eigenvalue weighted by Gasteiger charge is 2.65. The van der Waals surface area contributed by atoms with Crippen molar-refractivity contribution in [2.24, 2.45) is 29.1 Å². The summed E-state index contributed by atoms with van der Waals surface area (Å²) in [7, 11) is 0. The van der Waals surface area contributed by atoms with E-state index in [0.29, 0.717) is 12.0 Å². The summed E-state index contributed by atoms with van der Waals surface area (Å²) in [4.78, 5) is 0. The molecule has 2 saturated carbocycles. The Morgan fingerprint density at radius 3 is 2.62 bits per heavy atom. The summed E-state index contributed by atoms with van der Waals surface area (Å²) in [6.45, 7) is 7.51. The number of fused-ring (bicyclic) bond motifs is 1. The largest absolute Gasteiger partial charge is 0.396 e. The molecule has 0 aromatic carbocycles. The highest BCUT2D eigenvalue weighted by molar-refractivity contribution is 5.14. The molecule has 0 spiro atoms. The number of aliphatic hydroxyl groups excluding tert-OH is 1. The van der Waals surface area contributed by atoms with E-state index >= 15 is 0 Å². The molecule has 13 heavy (non-hydrogen) atoms. The Morgan fingerprint density at radius 2 is 2.15 bits per heavy atom. The maximum atomic E-state index is 9.05. The molecule has 0 heterocycles. The molecule has 0 aliphatic heterocycles. The van der Waals surface area contributed by atoms with Gasteiger partial charge in [0.05, 0.1) is 0 Å². The quantitative estimate of drug-likeness (QED) is 0.711. The summed E-state index contributed by atoms with van der Waals surface area (Å²) in [6.07, 6.45) is 3.85. The van der Waals surface area contributed by atoms with Gasteiger partial charge in [-0.2, -0.15) is 0 Å². The second-order valence-electron chi connectivity index (χ2n) is 5.50. The molecule has 0 bridgehead atoms. The molecular weight excluding hydrogens is 160 g/mol. The van der Waals surface area contributed by atoms with Gasteiger partial charge < -0.3 is 5.11 Å². The molecule has 0 radical (unpaired) electrons. The third-order valence-corrected chi connectivity index (χ3v) is 4.76. The van der Waals surface area contributed by atoms with Gasteiger partial charge in [-0.1, -0.05) is 20.8 Å². The van der Waals surface area contributed by atoms with E-state index in [1.54, 1.807) is 0 Å². The van der Waals surface area contributed by atoms with Crippen LogP contribution in [0.4, 0.5) is 0 Å². The summed E-state index contributed by atoms with van der Waals surface area (Å²) < 4.78 is 0. The lowest BCUT2D eigenvalue weighted by atomic mass is 9.79. The lowest BCUT2D eigenvalue weighted by molar-refractivity contribution is 0.179. The average Bonchev–Trinajstić information content (AvgIpc) is 2.73. The minimum atomic E-state index is 0.387. The van der Waals surface area contributed by atoms with E-state index in [2.05, 4.69) is 20.8 Å². The lowest BCUT2D eigenvalue weighted by Crippen LogP contribution is -2.20. The zero-order valence-electron chi connectivity index (χ0n) is 9.09. The molecular formula is C12H22O. The first-order valence-electron chi connectivity index (χ1n) is 5.73. The number of rotatable bonds is 3. The molecule has 2 rings (SSSR count). The molecule has 2 fully saturated rings. The van der Waals surface area contributed by atoms with Crippen LogP contribution in [0.5, 0.6) is 0 Å². The molecule has 1 heteroatoms. The molecule has 1 N–H and O–H groups in total. The molecule has 0 amide bonds. The summed E-state index contributed by atoms with van der Waals surface area (Å²) in [5.41, 5.74) is 0.641. The number of hydrogen-bond acceptors (Lipinski definition) is 1. The van der Waals surface area contributed by atoms with E-state index in [9.17, 15) is 0 Å². The molecule has 1 nitrogen and oxygen atoms in total. The zero-order valence-corrected chi connectivity index (χ0v) is 9.09. The van der Waals surface area contributed by atoms with Gasteiger partial charge in [-0.15, -0.1) is 0 Å². The number of hydrogen-bond donors (Lipinski definition) is 1. The first kappa shape index (κ1) is 9.51. The van der Waals surface area contributed by atoms with Crippen molar-refractivity contribution in [3.63, 3.8) is 0 Å². The number of aliphatic hydroxyl groups is 1. The highest BCUT2D eigenvalue weighted by Crippen LogP contribution is 2.72. The van der Waals surface area contributed by atoms with Gasteiger partial charge in [0.1, 0.15) is 0 Å². The molecule has 0 aromatic heterocycles. The van der Waals surface area contributed by atoms with Crippen molar-refractivity contribution in [3.8, 4) is 0 Å². The van der Waals surface area contributed by atoms with Crippen molar-refractivity contribution in [2.75, 3.05) is 6.61 Å². The lowest BCUT2D eigenvalue weighted by Gasteiger charge is -2.26. The van der Waals surface area contributed by atoms with Crippen LogP contribution in [0.25, 0.3) is 0 Å².